The highest BCUT2D eigenvalue weighted by Crippen LogP contribution is 2.39. The Bertz CT molecular complexity index is 600. The normalized spacial score (nSPS) is 17.4. The minimum absolute atomic E-state index is 0. The summed E-state index contributed by atoms with van der Waals surface area (Å²) in [7, 11) is -3.57. The SMILES string of the molecule is CC(C)COc1ccc(S(=O)(=O)NC(C)(CN)C2CC2)cc1.Cl. The summed E-state index contributed by atoms with van der Waals surface area (Å²) in [5, 5.41) is 0. The van der Waals surface area contributed by atoms with Crippen molar-refractivity contribution in [3.8, 4) is 5.75 Å². The van der Waals surface area contributed by atoms with Crippen molar-refractivity contribution >= 4 is 22.4 Å². The lowest BCUT2D eigenvalue weighted by atomic mass is 9.98. The molecular weight excluding hydrogens is 336 g/mol. The Hall–Kier alpha value is -0.820. The monoisotopic (exact) mass is 362 g/mol. The summed E-state index contributed by atoms with van der Waals surface area (Å²) in [6.45, 7) is 6.91. The summed E-state index contributed by atoms with van der Waals surface area (Å²) >= 11 is 0. The first kappa shape index (κ1) is 20.2. The van der Waals surface area contributed by atoms with Gasteiger partial charge >= 0.3 is 0 Å². The van der Waals surface area contributed by atoms with E-state index in [1.807, 2.05) is 6.92 Å². The lowest BCUT2D eigenvalue weighted by Gasteiger charge is -2.29. The van der Waals surface area contributed by atoms with Crippen LogP contribution in [0.2, 0.25) is 0 Å². The van der Waals surface area contributed by atoms with Crippen LogP contribution in [0, 0.1) is 11.8 Å². The van der Waals surface area contributed by atoms with E-state index < -0.39 is 15.6 Å². The largest absolute Gasteiger partial charge is 0.493 e. The molecule has 1 saturated carbocycles. The predicted molar refractivity (Wildman–Crippen MR) is 94.5 cm³/mol. The second-order valence-corrected chi connectivity index (χ2v) is 8.36. The highest BCUT2D eigenvalue weighted by molar-refractivity contribution is 7.89. The zero-order chi connectivity index (χ0) is 16.4. The van der Waals surface area contributed by atoms with E-state index in [1.165, 1.54) is 0 Å². The topological polar surface area (TPSA) is 81.4 Å². The van der Waals surface area contributed by atoms with Crippen molar-refractivity contribution in [1.82, 2.24) is 4.72 Å². The molecule has 132 valence electrons. The zero-order valence-electron chi connectivity index (χ0n) is 13.9. The molecule has 1 aromatic rings. The Balaban J connectivity index is 0.00000264. The van der Waals surface area contributed by atoms with Crippen LogP contribution in [-0.2, 0) is 10.0 Å². The van der Waals surface area contributed by atoms with Crippen molar-refractivity contribution in [3.63, 3.8) is 0 Å². The second-order valence-electron chi connectivity index (χ2n) is 6.68. The number of sulfonamides is 1. The summed E-state index contributed by atoms with van der Waals surface area (Å²) < 4.78 is 33.4. The van der Waals surface area contributed by atoms with Gasteiger partial charge in [0.25, 0.3) is 0 Å². The van der Waals surface area contributed by atoms with Gasteiger partial charge in [0.05, 0.1) is 11.5 Å². The average Bonchev–Trinajstić information content (AvgIpc) is 3.30. The van der Waals surface area contributed by atoms with Crippen LogP contribution in [0.4, 0.5) is 0 Å². The highest BCUT2D eigenvalue weighted by atomic mass is 35.5. The molecule has 0 saturated heterocycles. The van der Waals surface area contributed by atoms with Gasteiger partial charge in [-0.3, -0.25) is 0 Å². The number of benzene rings is 1. The molecule has 0 spiro atoms. The van der Waals surface area contributed by atoms with Gasteiger partial charge in [-0.25, -0.2) is 13.1 Å². The maximum atomic E-state index is 12.5. The molecule has 1 aromatic carbocycles. The second kappa shape index (κ2) is 7.83. The van der Waals surface area contributed by atoms with Crippen LogP contribution >= 0.6 is 12.4 Å². The van der Waals surface area contributed by atoms with Gasteiger partial charge in [-0.15, -0.1) is 12.4 Å². The maximum Gasteiger partial charge on any atom is 0.241 e. The minimum atomic E-state index is -3.57. The minimum Gasteiger partial charge on any atom is -0.493 e. The number of ether oxygens (including phenoxy) is 1. The summed E-state index contributed by atoms with van der Waals surface area (Å²) in [5.74, 6) is 1.44. The van der Waals surface area contributed by atoms with Gasteiger partial charge in [0.1, 0.15) is 5.75 Å². The summed E-state index contributed by atoms with van der Waals surface area (Å²) in [6.07, 6.45) is 2.05. The van der Waals surface area contributed by atoms with Crippen LogP contribution < -0.4 is 15.2 Å². The molecule has 0 aliphatic heterocycles. The van der Waals surface area contributed by atoms with Crippen molar-refractivity contribution in [2.75, 3.05) is 13.2 Å². The van der Waals surface area contributed by atoms with Crippen molar-refractivity contribution in [2.24, 2.45) is 17.6 Å². The highest BCUT2D eigenvalue weighted by Gasteiger charge is 2.43. The van der Waals surface area contributed by atoms with Gasteiger partial charge in [0.15, 0.2) is 0 Å². The molecule has 1 atom stereocenters. The van der Waals surface area contributed by atoms with Crippen molar-refractivity contribution in [3.05, 3.63) is 24.3 Å². The van der Waals surface area contributed by atoms with E-state index in [-0.39, 0.29) is 17.3 Å². The lowest BCUT2D eigenvalue weighted by Crippen LogP contribution is -2.52. The fourth-order valence-corrected chi connectivity index (χ4v) is 3.83. The smallest absolute Gasteiger partial charge is 0.241 e. The van der Waals surface area contributed by atoms with Gasteiger partial charge in [-0.05, 0) is 55.9 Å². The van der Waals surface area contributed by atoms with Crippen molar-refractivity contribution < 1.29 is 13.2 Å². The Morgan fingerprint density at radius 1 is 1.30 bits per heavy atom. The number of hydrogen-bond donors (Lipinski definition) is 2. The van der Waals surface area contributed by atoms with Crippen LogP contribution in [0.5, 0.6) is 5.75 Å². The molecule has 1 fully saturated rings. The van der Waals surface area contributed by atoms with Crippen LogP contribution in [-0.4, -0.2) is 27.1 Å². The molecule has 23 heavy (non-hydrogen) atoms. The molecule has 0 heterocycles. The van der Waals surface area contributed by atoms with Gasteiger partial charge in [0.2, 0.25) is 10.0 Å². The first-order chi connectivity index (χ1) is 10.3. The zero-order valence-corrected chi connectivity index (χ0v) is 15.5. The molecule has 1 aliphatic rings. The van der Waals surface area contributed by atoms with Gasteiger partial charge < -0.3 is 10.5 Å². The molecule has 2 rings (SSSR count). The predicted octanol–water partition coefficient (Wildman–Crippen LogP) is 2.55. The number of hydrogen-bond acceptors (Lipinski definition) is 4. The molecule has 1 aliphatic carbocycles. The van der Waals surface area contributed by atoms with E-state index in [2.05, 4.69) is 18.6 Å². The van der Waals surface area contributed by atoms with Crippen LogP contribution in [0.25, 0.3) is 0 Å². The van der Waals surface area contributed by atoms with E-state index in [0.29, 0.717) is 30.7 Å². The molecule has 1 unspecified atom stereocenters. The first-order valence-electron chi connectivity index (χ1n) is 7.74. The number of rotatable bonds is 8. The van der Waals surface area contributed by atoms with Crippen LogP contribution in [0.3, 0.4) is 0 Å². The Labute approximate surface area is 145 Å². The van der Waals surface area contributed by atoms with Gasteiger partial charge in [-0.1, -0.05) is 13.8 Å². The third kappa shape index (κ3) is 5.35. The fourth-order valence-electron chi connectivity index (χ4n) is 2.36. The Morgan fingerprint density at radius 2 is 1.87 bits per heavy atom. The van der Waals surface area contributed by atoms with Gasteiger partial charge in [-0.2, -0.15) is 0 Å². The number of halogens is 1. The average molecular weight is 363 g/mol. The molecule has 0 bridgehead atoms. The third-order valence-corrected chi connectivity index (χ3v) is 5.62. The van der Waals surface area contributed by atoms with E-state index in [1.54, 1.807) is 24.3 Å². The first-order valence-corrected chi connectivity index (χ1v) is 9.22. The van der Waals surface area contributed by atoms with Crippen molar-refractivity contribution in [1.29, 1.82) is 0 Å². The van der Waals surface area contributed by atoms with Crippen LogP contribution in [0.1, 0.15) is 33.6 Å². The summed E-state index contributed by atoms with van der Waals surface area (Å²) in [4.78, 5) is 0.240. The molecular formula is C16H27ClN2O3S. The van der Waals surface area contributed by atoms with E-state index in [4.69, 9.17) is 10.5 Å². The molecule has 0 amide bonds. The van der Waals surface area contributed by atoms with E-state index in [0.717, 1.165) is 12.8 Å². The number of nitrogens with one attached hydrogen (secondary N) is 1. The number of nitrogens with two attached hydrogens (primary N) is 1. The van der Waals surface area contributed by atoms with E-state index >= 15 is 0 Å². The third-order valence-electron chi connectivity index (χ3n) is 3.99. The molecule has 0 radical (unpaired) electrons. The molecule has 3 N–H and O–H groups in total. The maximum absolute atomic E-state index is 12.5. The fraction of sp³-hybridized carbons (Fsp3) is 0.625. The summed E-state index contributed by atoms with van der Waals surface area (Å²) in [6, 6.07) is 6.52. The lowest BCUT2D eigenvalue weighted by molar-refractivity contribution is 0.271. The van der Waals surface area contributed by atoms with Crippen molar-refractivity contribution in [2.45, 2.75) is 44.0 Å². The van der Waals surface area contributed by atoms with Gasteiger partial charge in [0, 0.05) is 12.1 Å². The Morgan fingerprint density at radius 3 is 2.30 bits per heavy atom. The Kier molecular flexibility index (Phi) is 6.89. The molecule has 7 heteroatoms. The summed E-state index contributed by atoms with van der Waals surface area (Å²) in [5.41, 5.74) is 5.21. The quantitative estimate of drug-likeness (QED) is 0.744. The molecule has 5 nitrogen and oxygen atoms in total. The standard InChI is InChI=1S/C16H26N2O3S.ClH/c1-12(2)10-21-14-6-8-15(9-7-14)22(19,20)18-16(3,11-17)13-4-5-13;/h6-9,12-13,18H,4-5,10-11,17H2,1-3H3;1H. The van der Waals surface area contributed by atoms with E-state index in [9.17, 15) is 8.42 Å². The molecule has 0 aromatic heterocycles. The van der Waals surface area contributed by atoms with Crippen LogP contribution in [0.15, 0.2) is 29.2 Å².